The number of benzene rings is 2. The van der Waals surface area contributed by atoms with E-state index >= 15 is 0 Å². The van der Waals surface area contributed by atoms with Gasteiger partial charge < -0.3 is 9.47 Å². The monoisotopic (exact) mass is 452 g/mol. The Morgan fingerprint density at radius 2 is 0.931 bits per heavy atom. The summed E-state index contributed by atoms with van der Waals surface area (Å²) in [6.07, 6.45) is 0. The molecule has 4 nitrogen and oxygen atoms in total. The van der Waals surface area contributed by atoms with E-state index in [0.717, 1.165) is 0 Å². The van der Waals surface area contributed by atoms with Crippen LogP contribution in [0, 0.1) is 0 Å². The van der Waals surface area contributed by atoms with Crippen LogP contribution in [-0.2, 0) is 9.47 Å². The van der Waals surface area contributed by atoms with Crippen LogP contribution in [0.2, 0.25) is 10.0 Å². The molecular weight excluding hydrogens is 427 g/mol. The molecule has 0 aliphatic heterocycles. The van der Waals surface area contributed by atoms with E-state index in [2.05, 4.69) is 0 Å². The van der Waals surface area contributed by atoms with Gasteiger partial charge in [0.15, 0.2) is 0 Å². The number of hydrogen-bond acceptors (Lipinski definition) is 4. The summed E-state index contributed by atoms with van der Waals surface area (Å²) in [5.41, 5.74) is -2.75. The van der Waals surface area contributed by atoms with Gasteiger partial charge in [0, 0.05) is 10.0 Å². The summed E-state index contributed by atoms with van der Waals surface area (Å²) in [5, 5.41) is 2.07. The van der Waals surface area contributed by atoms with E-state index in [4.69, 9.17) is 32.7 Å². The molecule has 0 aromatic heterocycles. The lowest BCUT2D eigenvalue weighted by molar-refractivity contribution is 0.0639. The van der Waals surface area contributed by atoms with Crippen molar-refractivity contribution in [1.82, 2.24) is 0 Å². The minimum Gasteiger partial charge on any atom is -0.463 e. The maximum Gasteiger partial charge on any atom is 0.370 e. The Morgan fingerprint density at radius 1 is 0.655 bits per heavy atom. The molecule has 2 aromatic carbocycles. The third-order valence-corrected chi connectivity index (χ3v) is 8.30. The second-order valence-corrected chi connectivity index (χ2v) is 13.1. The topological polar surface area (TPSA) is 52.6 Å². The highest BCUT2D eigenvalue weighted by Crippen LogP contribution is 2.22. The maximum absolute atomic E-state index is 13.7. The summed E-state index contributed by atoms with van der Waals surface area (Å²) in [6, 6.07) is 13.4. The molecule has 0 aliphatic rings. The Labute approximate surface area is 183 Å². The van der Waals surface area contributed by atoms with E-state index < -0.39 is 30.5 Å². The molecule has 2 aromatic rings. The highest BCUT2D eigenvalue weighted by Gasteiger charge is 2.58. The lowest BCUT2D eigenvalue weighted by atomic mass is 10.2. The number of carbonyl (C=O) groups is 2. The van der Waals surface area contributed by atoms with Gasteiger partial charge in [-0.2, -0.15) is 0 Å². The highest BCUT2D eigenvalue weighted by molar-refractivity contribution is 7.37. The van der Waals surface area contributed by atoms with Gasteiger partial charge in [-0.05, 0) is 76.2 Å². The lowest BCUT2D eigenvalue weighted by Gasteiger charge is -2.33. The molecule has 0 unspecified atom stereocenters. The zero-order valence-corrected chi connectivity index (χ0v) is 20.0. The lowest BCUT2D eigenvalue weighted by Crippen LogP contribution is -2.71. The van der Waals surface area contributed by atoms with Crippen molar-refractivity contribution in [2.24, 2.45) is 0 Å². The summed E-state index contributed by atoms with van der Waals surface area (Å²) >= 11 is 12.1. The summed E-state index contributed by atoms with van der Waals surface area (Å²) in [6.45, 7) is 10.6. The van der Waals surface area contributed by atoms with E-state index in [9.17, 15) is 9.59 Å². The van der Waals surface area contributed by atoms with E-state index in [1.807, 2.05) is 0 Å². The quantitative estimate of drug-likeness (QED) is 0.567. The predicted octanol–water partition coefficient (Wildman–Crippen LogP) is 5.59. The minimum atomic E-state index is -3.86. The molecule has 0 radical (unpaired) electrons. The van der Waals surface area contributed by atoms with Crippen LogP contribution in [0.4, 0.5) is 9.59 Å². The molecule has 0 saturated carbocycles. The van der Waals surface area contributed by atoms with Crippen LogP contribution in [0.5, 0.6) is 0 Å². The normalized spacial score (nSPS) is 12.4. The average molecular weight is 453 g/mol. The van der Waals surface area contributed by atoms with Crippen molar-refractivity contribution in [3.63, 3.8) is 0 Å². The molecule has 0 atom stereocenters. The summed E-state index contributed by atoms with van der Waals surface area (Å²) in [7, 11) is -3.86. The first kappa shape index (κ1) is 23.5. The van der Waals surface area contributed by atoms with Crippen LogP contribution in [0.1, 0.15) is 41.5 Å². The third-order valence-electron chi connectivity index (χ3n) is 3.96. The Bertz CT molecular complexity index is 804. The molecule has 0 saturated heterocycles. The fourth-order valence-electron chi connectivity index (χ4n) is 2.83. The Balaban J connectivity index is 2.82. The highest BCUT2D eigenvalue weighted by atomic mass is 35.5. The van der Waals surface area contributed by atoms with Gasteiger partial charge in [0.05, 0.1) is 0 Å². The first-order chi connectivity index (χ1) is 13.3. The fraction of sp³-hybridized carbons (Fsp3) is 0.364. The van der Waals surface area contributed by atoms with Crippen molar-refractivity contribution >= 4 is 52.8 Å². The molecule has 156 valence electrons. The minimum absolute atomic E-state index is 0.501. The zero-order chi connectivity index (χ0) is 22.0. The second-order valence-electron chi connectivity index (χ2n) is 8.77. The van der Waals surface area contributed by atoms with Crippen molar-refractivity contribution < 1.29 is 19.1 Å². The number of halogens is 2. The van der Waals surface area contributed by atoms with Crippen molar-refractivity contribution in [3.8, 4) is 0 Å². The van der Waals surface area contributed by atoms with Gasteiger partial charge in [0.25, 0.3) is 11.2 Å². The van der Waals surface area contributed by atoms with Gasteiger partial charge in [-0.15, -0.1) is 0 Å². The summed E-state index contributed by atoms with van der Waals surface area (Å²) < 4.78 is 11.5. The molecule has 29 heavy (non-hydrogen) atoms. The molecule has 7 heteroatoms. The average Bonchev–Trinajstić information content (AvgIpc) is 2.55. The van der Waals surface area contributed by atoms with Crippen molar-refractivity contribution in [1.29, 1.82) is 0 Å². The van der Waals surface area contributed by atoms with Gasteiger partial charge in [0.1, 0.15) is 11.2 Å². The van der Waals surface area contributed by atoms with Crippen LogP contribution in [-0.4, -0.2) is 30.5 Å². The van der Waals surface area contributed by atoms with E-state index in [1.165, 1.54) is 0 Å². The SMILES string of the molecule is CC(C)(C)OC(=O)[Si](C(=O)OC(C)(C)C)(c1ccc(Cl)cc1)c1ccc(Cl)cc1. The zero-order valence-electron chi connectivity index (χ0n) is 17.5. The van der Waals surface area contributed by atoms with Crippen LogP contribution < -0.4 is 10.4 Å². The summed E-state index contributed by atoms with van der Waals surface area (Å²) in [5.74, 6) is 0. The Hall–Kier alpha value is -1.82. The fourth-order valence-corrected chi connectivity index (χ4v) is 6.78. The van der Waals surface area contributed by atoms with Gasteiger partial charge >= 0.3 is 8.07 Å². The van der Waals surface area contributed by atoms with Crippen LogP contribution >= 0.6 is 23.2 Å². The van der Waals surface area contributed by atoms with Crippen molar-refractivity contribution in [3.05, 3.63) is 58.6 Å². The second kappa shape index (κ2) is 8.50. The van der Waals surface area contributed by atoms with E-state index in [-0.39, 0.29) is 0 Å². The van der Waals surface area contributed by atoms with E-state index in [0.29, 0.717) is 20.4 Å². The van der Waals surface area contributed by atoms with Crippen LogP contribution in [0.3, 0.4) is 0 Å². The van der Waals surface area contributed by atoms with Gasteiger partial charge in [-0.3, -0.25) is 9.59 Å². The third kappa shape index (κ3) is 5.62. The van der Waals surface area contributed by atoms with Gasteiger partial charge in [0.2, 0.25) is 0 Å². The maximum atomic E-state index is 13.7. The van der Waals surface area contributed by atoms with Gasteiger partial charge in [-0.25, -0.2) is 0 Å². The molecule has 0 aliphatic carbocycles. The molecule has 0 spiro atoms. The Kier molecular flexibility index (Phi) is 6.88. The summed E-state index contributed by atoms with van der Waals surface area (Å²) in [4.78, 5) is 27.3. The molecule has 0 heterocycles. The molecular formula is C22H26Cl2O4Si. The first-order valence-electron chi connectivity index (χ1n) is 9.25. The molecule has 0 N–H and O–H groups in total. The standard InChI is InChI=1S/C22H26Cl2O4Si/c1-21(2,3)27-19(25)29(20(26)28-22(4,5)6,17-11-7-15(23)8-12-17)18-13-9-16(24)10-14-18/h7-14H,1-6H3. The number of ether oxygens (including phenoxy) is 2. The molecule has 0 fully saturated rings. The molecule has 0 amide bonds. The molecule has 2 rings (SSSR count). The van der Waals surface area contributed by atoms with Crippen LogP contribution in [0.25, 0.3) is 0 Å². The Morgan fingerprint density at radius 3 is 1.17 bits per heavy atom. The number of hydrogen-bond donors (Lipinski definition) is 0. The largest absolute Gasteiger partial charge is 0.463 e. The van der Waals surface area contributed by atoms with Crippen molar-refractivity contribution in [2.75, 3.05) is 0 Å². The number of rotatable bonds is 4. The predicted molar refractivity (Wildman–Crippen MR) is 120 cm³/mol. The number of carbonyl (C=O) groups excluding carboxylic acids is 2. The van der Waals surface area contributed by atoms with E-state index in [1.54, 1.807) is 90.1 Å². The smallest absolute Gasteiger partial charge is 0.370 e. The van der Waals surface area contributed by atoms with Gasteiger partial charge in [-0.1, -0.05) is 47.5 Å². The first-order valence-corrected chi connectivity index (χ1v) is 12.0. The van der Waals surface area contributed by atoms with Crippen LogP contribution in [0.15, 0.2) is 48.5 Å². The molecule has 0 bridgehead atoms. The van der Waals surface area contributed by atoms with Crippen molar-refractivity contribution in [2.45, 2.75) is 52.7 Å².